The Morgan fingerprint density at radius 2 is 2.20 bits per heavy atom. The van der Waals surface area contributed by atoms with Gasteiger partial charge in [0.2, 0.25) is 0 Å². The zero-order chi connectivity index (χ0) is 14.6. The molecule has 1 aliphatic carbocycles. The van der Waals surface area contributed by atoms with Crippen LogP contribution in [-0.2, 0) is 6.54 Å². The van der Waals surface area contributed by atoms with Crippen molar-refractivity contribution in [2.24, 2.45) is 5.92 Å². The lowest BCUT2D eigenvalue weighted by molar-refractivity contribution is 0.0887. The van der Waals surface area contributed by atoms with Gasteiger partial charge in [-0.25, -0.2) is 0 Å². The first-order chi connectivity index (χ1) is 9.46. The number of nitrogens with one attached hydrogen (secondary N) is 1. The van der Waals surface area contributed by atoms with Crippen molar-refractivity contribution in [3.63, 3.8) is 0 Å². The van der Waals surface area contributed by atoms with Crippen LogP contribution >= 0.6 is 0 Å². The molecule has 0 spiro atoms. The zero-order valence-electron chi connectivity index (χ0n) is 13.2. The molecule has 0 radical (unpaired) electrons. The average molecular weight is 280 g/mol. The van der Waals surface area contributed by atoms with Crippen molar-refractivity contribution >= 4 is 0 Å². The molecule has 20 heavy (non-hydrogen) atoms. The Bertz CT molecular complexity index is 409. The molecule has 1 heterocycles. The molecule has 0 saturated heterocycles. The van der Waals surface area contributed by atoms with Gasteiger partial charge in [-0.05, 0) is 46.0 Å². The van der Waals surface area contributed by atoms with Crippen molar-refractivity contribution in [1.29, 1.82) is 0 Å². The van der Waals surface area contributed by atoms with E-state index in [1.54, 1.807) is 6.26 Å². The summed E-state index contributed by atoms with van der Waals surface area (Å²) in [4.78, 5) is 4.41. The maximum absolute atomic E-state index is 5.89. The predicted molar refractivity (Wildman–Crippen MR) is 79.8 cm³/mol. The lowest BCUT2D eigenvalue weighted by atomic mass is 9.86. The van der Waals surface area contributed by atoms with Crippen molar-refractivity contribution < 1.29 is 9.15 Å². The van der Waals surface area contributed by atoms with Crippen LogP contribution < -0.4 is 10.1 Å². The number of nitrogens with zero attached hydrogens (tertiary/aromatic N) is 1. The van der Waals surface area contributed by atoms with Crippen LogP contribution in [-0.4, -0.2) is 16.6 Å². The lowest BCUT2D eigenvalue weighted by Gasteiger charge is -2.27. The highest BCUT2D eigenvalue weighted by atomic mass is 16.6. The summed E-state index contributed by atoms with van der Waals surface area (Å²) in [5.74, 6) is 0.797. The van der Waals surface area contributed by atoms with E-state index in [2.05, 4.69) is 38.0 Å². The Labute approximate surface area is 122 Å². The summed E-state index contributed by atoms with van der Waals surface area (Å²) in [5, 5.41) is 3.39. The molecule has 2 unspecified atom stereocenters. The van der Waals surface area contributed by atoms with Crippen LogP contribution in [0, 0.1) is 5.92 Å². The summed E-state index contributed by atoms with van der Waals surface area (Å²) in [6, 6.07) is 0. The summed E-state index contributed by atoms with van der Waals surface area (Å²) in [5.41, 5.74) is 0.982. The van der Waals surface area contributed by atoms with Crippen molar-refractivity contribution in [3.8, 4) is 6.08 Å². The van der Waals surface area contributed by atoms with Gasteiger partial charge in [0.1, 0.15) is 12.4 Å². The van der Waals surface area contributed by atoms with Crippen LogP contribution in [0.5, 0.6) is 6.08 Å². The van der Waals surface area contributed by atoms with E-state index < -0.39 is 0 Å². The molecular weight excluding hydrogens is 252 g/mol. The minimum atomic E-state index is 0.0810. The van der Waals surface area contributed by atoms with Crippen LogP contribution in [0.4, 0.5) is 0 Å². The highest BCUT2D eigenvalue weighted by Crippen LogP contribution is 2.29. The lowest BCUT2D eigenvalue weighted by Crippen LogP contribution is -2.35. The molecule has 0 amide bonds. The molecule has 1 aliphatic rings. The van der Waals surface area contributed by atoms with Gasteiger partial charge in [0.25, 0.3) is 0 Å². The third-order valence-electron chi connectivity index (χ3n) is 3.91. The minimum Gasteiger partial charge on any atom is -0.447 e. The highest BCUT2D eigenvalue weighted by Gasteiger charge is 2.23. The highest BCUT2D eigenvalue weighted by molar-refractivity contribution is 5.01. The monoisotopic (exact) mass is 280 g/mol. The van der Waals surface area contributed by atoms with Crippen molar-refractivity contribution in [2.45, 2.75) is 78.0 Å². The third kappa shape index (κ3) is 4.82. The van der Waals surface area contributed by atoms with Gasteiger partial charge in [-0.1, -0.05) is 19.8 Å². The van der Waals surface area contributed by atoms with Gasteiger partial charge < -0.3 is 14.5 Å². The number of hydrogen-bond acceptors (Lipinski definition) is 4. The fourth-order valence-electron chi connectivity index (χ4n) is 2.64. The summed E-state index contributed by atoms with van der Waals surface area (Å²) >= 11 is 0. The maximum atomic E-state index is 5.89. The second-order valence-corrected chi connectivity index (χ2v) is 6.89. The number of hydrogen-bond donors (Lipinski definition) is 1. The zero-order valence-corrected chi connectivity index (χ0v) is 13.2. The van der Waals surface area contributed by atoms with E-state index in [1.165, 1.54) is 19.3 Å². The molecule has 1 aromatic heterocycles. The van der Waals surface area contributed by atoms with Crippen molar-refractivity contribution in [2.75, 3.05) is 0 Å². The SMILES string of the molecule is CCC1CCCC(Oc2nc(CNC(C)(C)C)co2)C1. The molecule has 1 N–H and O–H groups in total. The molecule has 0 aliphatic heterocycles. The van der Waals surface area contributed by atoms with Crippen LogP contribution in [0.15, 0.2) is 10.7 Å². The molecule has 1 saturated carbocycles. The van der Waals surface area contributed by atoms with E-state index in [0.717, 1.165) is 24.5 Å². The standard InChI is InChI=1S/C16H28N2O2/c1-5-12-7-6-8-14(9-12)20-15-18-13(11-19-15)10-17-16(2,3)4/h11-12,14,17H,5-10H2,1-4H3. The fraction of sp³-hybridized carbons (Fsp3) is 0.812. The first-order valence-corrected chi connectivity index (χ1v) is 7.82. The molecule has 4 nitrogen and oxygen atoms in total. The second-order valence-electron chi connectivity index (χ2n) is 6.89. The van der Waals surface area contributed by atoms with E-state index in [4.69, 9.17) is 9.15 Å². The van der Waals surface area contributed by atoms with Gasteiger partial charge >= 0.3 is 6.08 Å². The average Bonchev–Trinajstić information content (AvgIpc) is 2.83. The van der Waals surface area contributed by atoms with Gasteiger partial charge in [0.05, 0.1) is 5.69 Å². The Morgan fingerprint density at radius 3 is 2.90 bits per heavy atom. The first-order valence-electron chi connectivity index (χ1n) is 7.82. The van der Waals surface area contributed by atoms with E-state index in [1.807, 2.05) is 0 Å². The number of ether oxygens (including phenoxy) is 1. The Morgan fingerprint density at radius 1 is 1.40 bits per heavy atom. The largest absolute Gasteiger partial charge is 0.447 e. The third-order valence-corrected chi connectivity index (χ3v) is 3.91. The minimum absolute atomic E-state index is 0.0810. The molecule has 2 rings (SSSR count). The Kier molecular flexibility index (Phi) is 5.08. The quantitative estimate of drug-likeness (QED) is 0.888. The molecule has 114 valence electrons. The molecule has 0 bridgehead atoms. The topological polar surface area (TPSA) is 47.3 Å². The smallest absolute Gasteiger partial charge is 0.394 e. The molecule has 1 aromatic rings. The summed E-state index contributed by atoms with van der Waals surface area (Å²) in [6.07, 6.45) is 8.47. The van der Waals surface area contributed by atoms with Gasteiger partial charge in [-0.2, -0.15) is 4.98 Å². The summed E-state index contributed by atoms with van der Waals surface area (Å²) in [7, 11) is 0. The van der Waals surface area contributed by atoms with Gasteiger partial charge in [0.15, 0.2) is 0 Å². The van der Waals surface area contributed by atoms with E-state index >= 15 is 0 Å². The Hall–Kier alpha value is -1.03. The van der Waals surface area contributed by atoms with Crippen molar-refractivity contribution in [1.82, 2.24) is 10.3 Å². The summed E-state index contributed by atoms with van der Waals surface area (Å²) in [6.45, 7) is 9.37. The number of rotatable bonds is 5. The fourth-order valence-corrected chi connectivity index (χ4v) is 2.64. The van der Waals surface area contributed by atoms with Crippen LogP contribution in [0.3, 0.4) is 0 Å². The van der Waals surface area contributed by atoms with Crippen LogP contribution in [0.25, 0.3) is 0 Å². The second kappa shape index (κ2) is 6.61. The number of aromatic nitrogens is 1. The van der Waals surface area contributed by atoms with E-state index in [9.17, 15) is 0 Å². The molecule has 1 fully saturated rings. The molecular formula is C16H28N2O2. The van der Waals surface area contributed by atoms with Gasteiger partial charge in [0, 0.05) is 12.1 Å². The van der Waals surface area contributed by atoms with Crippen LogP contribution in [0.1, 0.15) is 65.5 Å². The molecule has 4 heteroatoms. The first kappa shape index (κ1) is 15.4. The predicted octanol–water partition coefficient (Wildman–Crippen LogP) is 3.91. The normalized spacial score (nSPS) is 23.8. The van der Waals surface area contributed by atoms with E-state index in [0.29, 0.717) is 12.6 Å². The number of oxazole rings is 1. The Balaban J connectivity index is 1.83. The molecule has 2 atom stereocenters. The maximum Gasteiger partial charge on any atom is 0.394 e. The van der Waals surface area contributed by atoms with Crippen molar-refractivity contribution in [3.05, 3.63) is 12.0 Å². The van der Waals surface area contributed by atoms with E-state index in [-0.39, 0.29) is 11.6 Å². The van der Waals surface area contributed by atoms with Gasteiger partial charge in [-0.3, -0.25) is 0 Å². The van der Waals surface area contributed by atoms with Gasteiger partial charge in [-0.15, -0.1) is 0 Å². The molecule has 0 aromatic carbocycles. The van der Waals surface area contributed by atoms with Crippen LogP contribution in [0.2, 0.25) is 0 Å². The summed E-state index contributed by atoms with van der Waals surface area (Å²) < 4.78 is 11.3.